The van der Waals surface area contributed by atoms with Gasteiger partial charge in [0.15, 0.2) is 0 Å². The fourth-order valence-electron chi connectivity index (χ4n) is 3.77. The number of hydrogen-bond donors (Lipinski definition) is 1. The lowest BCUT2D eigenvalue weighted by molar-refractivity contribution is 0.115. The molecule has 1 fully saturated rings. The maximum absolute atomic E-state index is 3.70. The molecule has 0 bridgehead atoms. The van der Waals surface area contributed by atoms with Crippen molar-refractivity contribution >= 4 is 0 Å². The largest absolute Gasteiger partial charge is 0.316 e. The summed E-state index contributed by atoms with van der Waals surface area (Å²) in [5.74, 6) is 2.42. The Hall–Kier alpha value is -0.820. The van der Waals surface area contributed by atoms with Crippen LogP contribution in [0.4, 0.5) is 0 Å². The van der Waals surface area contributed by atoms with E-state index in [0.29, 0.717) is 5.41 Å². The van der Waals surface area contributed by atoms with Crippen LogP contribution in [-0.4, -0.2) is 13.1 Å². The van der Waals surface area contributed by atoms with Crippen molar-refractivity contribution in [2.75, 3.05) is 13.1 Å². The highest BCUT2D eigenvalue weighted by Crippen LogP contribution is 2.42. The lowest BCUT2D eigenvalue weighted by Gasteiger charge is -2.41. The first kappa shape index (κ1) is 16.5. The smallest absolute Gasteiger partial charge is 0.00176 e. The van der Waals surface area contributed by atoms with Crippen LogP contribution in [0.5, 0.6) is 0 Å². The second kappa shape index (κ2) is 7.45. The highest BCUT2D eigenvalue weighted by Gasteiger charge is 2.34. The molecule has 1 saturated carbocycles. The van der Waals surface area contributed by atoms with Gasteiger partial charge in [-0.3, -0.25) is 0 Å². The highest BCUT2D eigenvalue weighted by atomic mass is 14.9. The molecule has 2 rings (SSSR count). The van der Waals surface area contributed by atoms with Gasteiger partial charge in [-0.1, -0.05) is 58.0 Å². The maximum atomic E-state index is 3.70. The Bertz CT molecular complexity index is 407. The first-order valence-electron chi connectivity index (χ1n) is 8.71. The van der Waals surface area contributed by atoms with Gasteiger partial charge in [0.2, 0.25) is 0 Å². The molecule has 0 aliphatic heterocycles. The van der Waals surface area contributed by atoms with Crippen molar-refractivity contribution in [2.24, 2.45) is 23.2 Å². The quantitative estimate of drug-likeness (QED) is 0.783. The van der Waals surface area contributed by atoms with Crippen LogP contribution in [0.25, 0.3) is 0 Å². The fraction of sp³-hybridized carbons (Fsp3) is 0.700. The minimum atomic E-state index is 0.522. The average Bonchev–Trinajstić information content (AvgIpc) is 2.41. The molecule has 0 heterocycles. The van der Waals surface area contributed by atoms with E-state index in [-0.39, 0.29) is 0 Å². The molecule has 0 aromatic heterocycles. The van der Waals surface area contributed by atoms with Crippen LogP contribution in [-0.2, 0) is 6.42 Å². The van der Waals surface area contributed by atoms with Crippen molar-refractivity contribution in [3.63, 3.8) is 0 Å². The van der Waals surface area contributed by atoms with E-state index in [2.05, 4.69) is 63.3 Å². The zero-order valence-electron chi connectivity index (χ0n) is 14.4. The van der Waals surface area contributed by atoms with E-state index in [1.165, 1.54) is 37.8 Å². The predicted octanol–water partition coefficient (Wildman–Crippen LogP) is 4.92. The Morgan fingerprint density at radius 3 is 2.52 bits per heavy atom. The summed E-state index contributed by atoms with van der Waals surface area (Å²) in [5, 5.41) is 3.70. The third-order valence-corrected chi connectivity index (χ3v) is 4.97. The monoisotopic (exact) mass is 287 g/mol. The van der Waals surface area contributed by atoms with Crippen LogP contribution >= 0.6 is 0 Å². The molecule has 21 heavy (non-hydrogen) atoms. The standard InChI is InChI=1S/C20H33N/c1-16(2)14-21-15-18-10-11-20(3,4)13-19(18)12-17-8-6-5-7-9-17/h5-9,16,18-19,21H,10-15H2,1-4H3. The lowest BCUT2D eigenvalue weighted by atomic mass is 9.65. The second-order valence-corrected chi connectivity index (χ2v) is 8.17. The molecule has 1 aromatic rings. The molecular formula is C20H33N. The Morgan fingerprint density at radius 1 is 1.14 bits per heavy atom. The van der Waals surface area contributed by atoms with E-state index in [1.807, 2.05) is 0 Å². The van der Waals surface area contributed by atoms with Crippen LogP contribution < -0.4 is 5.32 Å². The molecule has 0 saturated heterocycles. The summed E-state index contributed by atoms with van der Waals surface area (Å²) >= 11 is 0. The maximum Gasteiger partial charge on any atom is -0.00176 e. The van der Waals surface area contributed by atoms with E-state index in [9.17, 15) is 0 Å². The zero-order valence-corrected chi connectivity index (χ0v) is 14.4. The van der Waals surface area contributed by atoms with Gasteiger partial charge in [0.05, 0.1) is 0 Å². The summed E-state index contributed by atoms with van der Waals surface area (Å²) in [5.41, 5.74) is 2.03. The Labute approximate surface area is 131 Å². The molecule has 1 nitrogen and oxygen atoms in total. The van der Waals surface area contributed by atoms with Gasteiger partial charge in [-0.2, -0.15) is 0 Å². The van der Waals surface area contributed by atoms with Gasteiger partial charge in [0.25, 0.3) is 0 Å². The molecule has 2 atom stereocenters. The van der Waals surface area contributed by atoms with Gasteiger partial charge >= 0.3 is 0 Å². The normalized spacial score (nSPS) is 25.2. The molecule has 1 aliphatic carbocycles. The molecule has 1 aromatic carbocycles. The minimum absolute atomic E-state index is 0.522. The lowest BCUT2D eigenvalue weighted by Crippen LogP contribution is -2.37. The van der Waals surface area contributed by atoms with Crippen LogP contribution in [0.15, 0.2) is 30.3 Å². The Morgan fingerprint density at radius 2 is 1.86 bits per heavy atom. The molecule has 0 spiro atoms. The third-order valence-electron chi connectivity index (χ3n) is 4.97. The molecule has 1 aliphatic rings. The third kappa shape index (κ3) is 5.47. The molecule has 118 valence electrons. The summed E-state index contributed by atoms with van der Waals surface area (Å²) in [6.45, 7) is 11.8. The Balaban J connectivity index is 1.96. The van der Waals surface area contributed by atoms with E-state index < -0.39 is 0 Å². The molecule has 0 radical (unpaired) electrons. The van der Waals surface area contributed by atoms with Crippen molar-refractivity contribution in [1.82, 2.24) is 5.32 Å². The van der Waals surface area contributed by atoms with E-state index >= 15 is 0 Å². The SMILES string of the molecule is CC(C)CNCC1CCC(C)(C)CC1Cc1ccccc1. The summed E-state index contributed by atoms with van der Waals surface area (Å²) in [7, 11) is 0. The minimum Gasteiger partial charge on any atom is -0.316 e. The van der Waals surface area contributed by atoms with Crippen molar-refractivity contribution in [3.8, 4) is 0 Å². The van der Waals surface area contributed by atoms with E-state index in [1.54, 1.807) is 0 Å². The van der Waals surface area contributed by atoms with Gasteiger partial charge in [-0.15, -0.1) is 0 Å². The van der Waals surface area contributed by atoms with Gasteiger partial charge < -0.3 is 5.32 Å². The van der Waals surface area contributed by atoms with Crippen molar-refractivity contribution < 1.29 is 0 Å². The van der Waals surface area contributed by atoms with Crippen molar-refractivity contribution in [2.45, 2.75) is 53.4 Å². The van der Waals surface area contributed by atoms with Gasteiger partial charge in [-0.05, 0) is 67.5 Å². The molecule has 2 unspecified atom stereocenters. The first-order chi connectivity index (χ1) is 9.96. The van der Waals surface area contributed by atoms with Crippen LogP contribution in [0.2, 0.25) is 0 Å². The number of hydrogen-bond acceptors (Lipinski definition) is 1. The summed E-state index contributed by atoms with van der Waals surface area (Å²) < 4.78 is 0. The van der Waals surface area contributed by atoms with Crippen molar-refractivity contribution in [3.05, 3.63) is 35.9 Å². The summed E-state index contributed by atoms with van der Waals surface area (Å²) in [6.07, 6.45) is 5.39. The number of benzene rings is 1. The topological polar surface area (TPSA) is 12.0 Å². The van der Waals surface area contributed by atoms with Crippen LogP contribution in [0.3, 0.4) is 0 Å². The zero-order chi connectivity index (χ0) is 15.3. The highest BCUT2D eigenvalue weighted by molar-refractivity contribution is 5.15. The Kier molecular flexibility index (Phi) is 5.87. The molecular weight excluding hydrogens is 254 g/mol. The second-order valence-electron chi connectivity index (χ2n) is 8.17. The fourth-order valence-corrected chi connectivity index (χ4v) is 3.77. The van der Waals surface area contributed by atoms with Crippen LogP contribution in [0, 0.1) is 23.2 Å². The first-order valence-corrected chi connectivity index (χ1v) is 8.71. The predicted molar refractivity (Wildman–Crippen MR) is 92.5 cm³/mol. The van der Waals surface area contributed by atoms with Gasteiger partial charge in [-0.25, -0.2) is 0 Å². The summed E-state index contributed by atoms with van der Waals surface area (Å²) in [4.78, 5) is 0. The molecule has 1 N–H and O–H groups in total. The molecule has 1 heteroatoms. The van der Waals surface area contributed by atoms with Gasteiger partial charge in [0, 0.05) is 0 Å². The van der Waals surface area contributed by atoms with Crippen LogP contribution in [0.1, 0.15) is 52.5 Å². The number of nitrogens with one attached hydrogen (secondary N) is 1. The molecule has 0 amide bonds. The average molecular weight is 287 g/mol. The van der Waals surface area contributed by atoms with Gasteiger partial charge in [0.1, 0.15) is 0 Å². The van der Waals surface area contributed by atoms with Crippen molar-refractivity contribution in [1.29, 1.82) is 0 Å². The van der Waals surface area contributed by atoms with E-state index in [4.69, 9.17) is 0 Å². The van der Waals surface area contributed by atoms with E-state index in [0.717, 1.165) is 24.3 Å². The summed E-state index contributed by atoms with van der Waals surface area (Å²) in [6, 6.07) is 11.1. The number of rotatable bonds is 6.